The lowest BCUT2D eigenvalue weighted by molar-refractivity contribution is -0.127. The van der Waals surface area contributed by atoms with Crippen LogP contribution in [0.5, 0.6) is 5.75 Å². The number of nitrogens with one attached hydrogen (secondary N) is 1. The summed E-state index contributed by atoms with van der Waals surface area (Å²) in [7, 11) is 3.05. The molecule has 1 aromatic rings. The number of nitrogens with two attached hydrogens (primary N) is 1. The second-order valence-corrected chi connectivity index (χ2v) is 4.19. The molecule has 0 bridgehead atoms. The number of methoxy groups -OCH3 is 2. The topological polar surface area (TPSA) is 82.8 Å². The quantitative estimate of drug-likeness (QED) is 0.403. The SMILES string of the molecule is COC(CNC(=O)CCCOc1ccccc1N)OC. The summed E-state index contributed by atoms with van der Waals surface area (Å²) in [5.74, 6) is 0.584. The van der Waals surface area contributed by atoms with E-state index in [-0.39, 0.29) is 5.91 Å². The average molecular weight is 282 g/mol. The Labute approximate surface area is 119 Å². The van der Waals surface area contributed by atoms with Gasteiger partial charge in [0, 0.05) is 20.6 Å². The minimum Gasteiger partial charge on any atom is -0.491 e. The molecule has 3 N–H and O–H groups in total. The summed E-state index contributed by atoms with van der Waals surface area (Å²) in [4.78, 5) is 11.6. The van der Waals surface area contributed by atoms with Crippen LogP contribution in [-0.4, -0.2) is 39.6 Å². The first kappa shape index (κ1) is 16.3. The second kappa shape index (κ2) is 9.17. The number of ether oxygens (including phenoxy) is 3. The van der Waals surface area contributed by atoms with Crippen molar-refractivity contribution in [1.29, 1.82) is 0 Å². The molecule has 0 saturated carbocycles. The molecule has 0 saturated heterocycles. The number of para-hydroxylation sites is 2. The van der Waals surface area contributed by atoms with E-state index < -0.39 is 6.29 Å². The number of anilines is 1. The molecule has 1 rings (SSSR count). The fourth-order valence-electron chi connectivity index (χ4n) is 1.58. The highest BCUT2D eigenvalue weighted by molar-refractivity contribution is 5.75. The largest absolute Gasteiger partial charge is 0.491 e. The van der Waals surface area contributed by atoms with Crippen LogP contribution in [-0.2, 0) is 14.3 Å². The first-order valence-electron chi connectivity index (χ1n) is 6.47. The predicted molar refractivity (Wildman–Crippen MR) is 76.4 cm³/mol. The first-order valence-corrected chi connectivity index (χ1v) is 6.47. The normalized spacial score (nSPS) is 10.6. The fraction of sp³-hybridized carbons (Fsp3) is 0.500. The van der Waals surface area contributed by atoms with Gasteiger partial charge in [-0.05, 0) is 18.6 Å². The number of rotatable bonds is 9. The lowest BCUT2D eigenvalue weighted by Gasteiger charge is -2.14. The van der Waals surface area contributed by atoms with Crippen LogP contribution in [0.25, 0.3) is 0 Å². The van der Waals surface area contributed by atoms with Crippen LogP contribution >= 0.6 is 0 Å². The molecule has 0 atom stereocenters. The molecule has 0 aliphatic heterocycles. The Bertz CT molecular complexity index is 408. The van der Waals surface area contributed by atoms with Crippen molar-refractivity contribution in [3.63, 3.8) is 0 Å². The summed E-state index contributed by atoms with van der Waals surface area (Å²) in [5, 5.41) is 2.73. The molecule has 0 heterocycles. The minimum absolute atomic E-state index is 0.0614. The molecule has 20 heavy (non-hydrogen) atoms. The molecule has 0 aliphatic carbocycles. The van der Waals surface area contributed by atoms with Crippen molar-refractivity contribution in [1.82, 2.24) is 5.32 Å². The molecule has 112 valence electrons. The van der Waals surface area contributed by atoms with Crippen LogP contribution in [0, 0.1) is 0 Å². The third-order valence-electron chi connectivity index (χ3n) is 2.72. The summed E-state index contributed by atoms with van der Waals surface area (Å²) in [6.45, 7) is 0.776. The van der Waals surface area contributed by atoms with Crippen molar-refractivity contribution in [3.05, 3.63) is 24.3 Å². The van der Waals surface area contributed by atoms with Crippen molar-refractivity contribution in [3.8, 4) is 5.75 Å². The summed E-state index contributed by atoms with van der Waals surface area (Å²) < 4.78 is 15.4. The molecule has 0 fully saturated rings. The number of nitrogen functional groups attached to an aromatic ring is 1. The number of amides is 1. The lowest BCUT2D eigenvalue weighted by Crippen LogP contribution is -2.34. The predicted octanol–water partition coefficient (Wildman–Crippen LogP) is 1.16. The van der Waals surface area contributed by atoms with Gasteiger partial charge in [0.15, 0.2) is 6.29 Å². The number of carbonyl (C=O) groups excluding carboxylic acids is 1. The standard InChI is InChI=1S/C14H22N2O4/c1-18-14(19-2)10-16-13(17)8-5-9-20-12-7-4-3-6-11(12)15/h3-4,6-7,14H,5,8-10,15H2,1-2H3,(H,16,17). The molecular formula is C14H22N2O4. The number of benzene rings is 1. The van der Waals surface area contributed by atoms with E-state index in [1.54, 1.807) is 12.1 Å². The molecular weight excluding hydrogens is 260 g/mol. The fourth-order valence-corrected chi connectivity index (χ4v) is 1.58. The van der Waals surface area contributed by atoms with Crippen LogP contribution in [0.4, 0.5) is 5.69 Å². The van der Waals surface area contributed by atoms with Crippen LogP contribution in [0.2, 0.25) is 0 Å². The molecule has 0 unspecified atom stereocenters. The van der Waals surface area contributed by atoms with Crippen LogP contribution < -0.4 is 15.8 Å². The maximum Gasteiger partial charge on any atom is 0.220 e. The van der Waals surface area contributed by atoms with E-state index in [9.17, 15) is 4.79 Å². The number of hydrogen-bond donors (Lipinski definition) is 2. The Hall–Kier alpha value is -1.79. The van der Waals surface area contributed by atoms with Gasteiger partial charge in [-0.2, -0.15) is 0 Å². The zero-order chi connectivity index (χ0) is 14.8. The molecule has 6 nitrogen and oxygen atoms in total. The molecule has 0 radical (unpaired) electrons. The Balaban J connectivity index is 2.15. The maximum absolute atomic E-state index is 11.6. The van der Waals surface area contributed by atoms with E-state index in [2.05, 4.69) is 5.32 Å². The van der Waals surface area contributed by atoms with E-state index in [0.29, 0.717) is 37.4 Å². The summed E-state index contributed by atoms with van der Waals surface area (Å²) >= 11 is 0. The van der Waals surface area contributed by atoms with Gasteiger partial charge in [-0.1, -0.05) is 12.1 Å². The third kappa shape index (κ3) is 5.90. The second-order valence-electron chi connectivity index (χ2n) is 4.19. The summed E-state index contributed by atoms with van der Waals surface area (Å²) in [6, 6.07) is 7.28. The zero-order valence-electron chi connectivity index (χ0n) is 11.9. The highest BCUT2D eigenvalue weighted by atomic mass is 16.7. The molecule has 0 aromatic heterocycles. The Morgan fingerprint density at radius 2 is 2.00 bits per heavy atom. The molecule has 0 spiro atoms. The van der Waals surface area contributed by atoms with Gasteiger partial charge >= 0.3 is 0 Å². The van der Waals surface area contributed by atoms with Crippen molar-refractivity contribution < 1.29 is 19.0 Å². The Kier molecular flexibility index (Phi) is 7.46. The van der Waals surface area contributed by atoms with Gasteiger partial charge in [-0.25, -0.2) is 0 Å². The van der Waals surface area contributed by atoms with E-state index >= 15 is 0 Å². The van der Waals surface area contributed by atoms with Crippen molar-refractivity contribution in [2.24, 2.45) is 0 Å². The lowest BCUT2D eigenvalue weighted by atomic mass is 10.3. The minimum atomic E-state index is -0.417. The number of carbonyl (C=O) groups is 1. The van der Waals surface area contributed by atoms with Gasteiger partial charge in [-0.3, -0.25) is 4.79 Å². The Morgan fingerprint density at radius 1 is 1.30 bits per heavy atom. The van der Waals surface area contributed by atoms with E-state index in [1.807, 2.05) is 12.1 Å². The van der Waals surface area contributed by atoms with E-state index in [4.69, 9.17) is 19.9 Å². The highest BCUT2D eigenvalue weighted by Gasteiger charge is 2.07. The monoisotopic (exact) mass is 282 g/mol. The van der Waals surface area contributed by atoms with Gasteiger partial charge < -0.3 is 25.3 Å². The molecule has 1 aromatic carbocycles. The smallest absolute Gasteiger partial charge is 0.220 e. The van der Waals surface area contributed by atoms with Gasteiger partial charge in [0.25, 0.3) is 0 Å². The van der Waals surface area contributed by atoms with Gasteiger partial charge in [0.1, 0.15) is 5.75 Å². The van der Waals surface area contributed by atoms with Crippen molar-refractivity contribution in [2.45, 2.75) is 19.1 Å². The van der Waals surface area contributed by atoms with Crippen molar-refractivity contribution in [2.75, 3.05) is 33.1 Å². The zero-order valence-corrected chi connectivity index (χ0v) is 11.9. The van der Waals surface area contributed by atoms with Crippen LogP contribution in [0.1, 0.15) is 12.8 Å². The maximum atomic E-state index is 11.6. The average Bonchev–Trinajstić information content (AvgIpc) is 2.46. The Morgan fingerprint density at radius 3 is 2.65 bits per heavy atom. The summed E-state index contributed by atoms with van der Waals surface area (Å²) in [5.41, 5.74) is 6.34. The third-order valence-corrected chi connectivity index (χ3v) is 2.72. The van der Waals surface area contributed by atoms with Gasteiger partial charge in [0.05, 0.1) is 18.8 Å². The van der Waals surface area contributed by atoms with Crippen molar-refractivity contribution >= 4 is 11.6 Å². The molecule has 6 heteroatoms. The first-order chi connectivity index (χ1) is 9.67. The van der Waals surface area contributed by atoms with Gasteiger partial charge in [0.2, 0.25) is 5.91 Å². The van der Waals surface area contributed by atoms with Gasteiger partial charge in [-0.15, -0.1) is 0 Å². The molecule has 0 aliphatic rings. The van der Waals surface area contributed by atoms with E-state index in [1.165, 1.54) is 14.2 Å². The van der Waals surface area contributed by atoms with Crippen LogP contribution in [0.3, 0.4) is 0 Å². The molecule has 1 amide bonds. The van der Waals surface area contributed by atoms with E-state index in [0.717, 1.165) is 0 Å². The summed E-state index contributed by atoms with van der Waals surface area (Å²) in [6.07, 6.45) is 0.580. The number of hydrogen-bond acceptors (Lipinski definition) is 5. The van der Waals surface area contributed by atoms with Crippen LogP contribution in [0.15, 0.2) is 24.3 Å². The highest BCUT2D eigenvalue weighted by Crippen LogP contribution is 2.19.